The van der Waals surface area contributed by atoms with Crippen molar-refractivity contribution in [3.8, 4) is 0 Å². The maximum atomic E-state index is 8.38. The number of rotatable bonds is 5. The van der Waals surface area contributed by atoms with Crippen LogP contribution < -0.4 is 0 Å². The molecule has 0 aliphatic rings. The number of aliphatic hydroxyl groups is 4. The molecular formula is C9H22O4. The molecule has 0 fully saturated rings. The first-order valence-corrected chi connectivity index (χ1v) is 4.59. The maximum Gasteiger partial charge on any atom is 0.0742 e. The van der Waals surface area contributed by atoms with E-state index in [1.165, 1.54) is 6.92 Å². The average molecular weight is 194 g/mol. The summed E-state index contributed by atoms with van der Waals surface area (Å²) in [5.74, 6) is 0.463. The van der Waals surface area contributed by atoms with Gasteiger partial charge in [0.25, 0.3) is 0 Å². The van der Waals surface area contributed by atoms with Gasteiger partial charge in [-0.15, -0.1) is 0 Å². The third-order valence-corrected chi connectivity index (χ3v) is 1.51. The van der Waals surface area contributed by atoms with Crippen LogP contribution in [0.1, 0.15) is 26.7 Å². The molecule has 4 heteroatoms. The Kier molecular flexibility index (Phi) is 14.0. The smallest absolute Gasteiger partial charge is 0.0742 e. The molecule has 4 nitrogen and oxygen atoms in total. The van der Waals surface area contributed by atoms with E-state index in [4.69, 9.17) is 20.4 Å². The van der Waals surface area contributed by atoms with Gasteiger partial charge >= 0.3 is 0 Å². The zero-order chi connectivity index (χ0) is 10.7. The van der Waals surface area contributed by atoms with Crippen molar-refractivity contribution in [3.63, 3.8) is 0 Å². The van der Waals surface area contributed by atoms with Crippen LogP contribution in [0.3, 0.4) is 0 Å². The first-order valence-electron chi connectivity index (χ1n) is 4.59. The topological polar surface area (TPSA) is 80.9 Å². The summed E-state index contributed by atoms with van der Waals surface area (Å²) in [6.07, 6.45) is 1.05. The lowest BCUT2D eigenvalue weighted by Gasteiger charge is -2.04. The van der Waals surface area contributed by atoms with Crippen molar-refractivity contribution in [1.82, 2.24) is 0 Å². The fourth-order valence-electron chi connectivity index (χ4n) is 0.585. The second kappa shape index (κ2) is 11.8. The van der Waals surface area contributed by atoms with E-state index < -0.39 is 6.10 Å². The molecule has 0 aromatic rings. The standard InChI is InChI=1S/C6H14O2.C3H8O2/c1-6(2-4-7)3-5-8;1-3(5)2-4/h6-8H,2-5H2,1H3;3-5H,2H2,1H3. The quantitative estimate of drug-likeness (QED) is 0.486. The lowest BCUT2D eigenvalue weighted by Crippen LogP contribution is -2.03. The van der Waals surface area contributed by atoms with Crippen LogP contribution >= 0.6 is 0 Å². The van der Waals surface area contributed by atoms with Gasteiger partial charge in [-0.3, -0.25) is 0 Å². The third kappa shape index (κ3) is 18.7. The van der Waals surface area contributed by atoms with Gasteiger partial charge in [-0.2, -0.15) is 0 Å². The minimum atomic E-state index is -0.560. The van der Waals surface area contributed by atoms with Crippen LogP contribution in [0.4, 0.5) is 0 Å². The highest BCUT2D eigenvalue weighted by Gasteiger charge is 1.97. The maximum absolute atomic E-state index is 8.38. The molecule has 1 atom stereocenters. The SMILES string of the molecule is CC(CCO)CCO.CC(O)CO. The molecule has 0 heterocycles. The van der Waals surface area contributed by atoms with Gasteiger partial charge in [0.15, 0.2) is 0 Å². The Labute approximate surface area is 79.8 Å². The number of hydrogen-bond acceptors (Lipinski definition) is 4. The van der Waals surface area contributed by atoms with Gasteiger partial charge in [-0.25, -0.2) is 0 Å². The van der Waals surface area contributed by atoms with Crippen LogP contribution in [-0.2, 0) is 0 Å². The minimum absolute atomic E-state index is 0.139. The number of hydrogen-bond donors (Lipinski definition) is 4. The normalized spacial score (nSPS) is 12.2. The van der Waals surface area contributed by atoms with Crippen molar-refractivity contribution >= 4 is 0 Å². The Morgan fingerprint density at radius 3 is 1.38 bits per heavy atom. The van der Waals surface area contributed by atoms with E-state index in [0.29, 0.717) is 5.92 Å². The van der Waals surface area contributed by atoms with E-state index in [0.717, 1.165) is 12.8 Å². The second-order valence-corrected chi connectivity index (χ2v) is 3.16. The molecular weight excluding hydrogens is 172 g/mol. The predicted molar refractivity (Wildman–Crippen MR) is 51.3 cm³/mol. The molecule has 82 valence electrons. The first kappa shape index (κ1) is 15.3. The van der Waals surface area contributed by atoms with Gasteiger partial charge in [0, 0.05) is 13.2 Å². The van der Waals surface area contributed by atoms with Crippen molar-refractivity contribution in [1.29, 1.82) is 0 Å². The molecule has 0 amide bonds. The van der Waals surface area contributed by atoms with Crippen molar-refractivity contribution < 1.29 is 20.4 Å². The van der Waals surface area contributed by atoms with E-state index in [1.54, 1.807) is 0 Å². The summed E-state index contributed by atoms with van der Waals surface area (Å²) in [6.45, 7) is 3.88. The Morgan fingerprint density at radius 2 is 1.23 bits per heavy atom. The van der Waals surface area contributed by atoms with E-state index in [1.807, 2.05) is 6.92 Å². The fourth-order valence-corrected chi connectivity index (χ4v) is 0.585. The summed E-state index contributed by atoms with van der Waals surface area (Å²) >= 11 is 0. The molecule has 4 N–H and O–H groups in total. The Hall–Kier alpha value is -0.160. The molecule has 0 aromatic carbocycles. The van der Waals surface area contributed by atoms with Crippen molar-refractivity contribution in [2.45, 2.75) is 32.8 Å². The molecule has 0 aliphatic carbocycles. The van der Waals surface area contributed by atoms with Crippen LogP contribution in [0.2, 0.25) is 0 Å². The van der Waals surface area contributed by atoms with E-state index >= 15 is 0 Å². The summed E-state index contributed by atoms with van der Waals surface area (Å²) in [7, 11) is 0. The van der Waals surface area contributed by atoms with Crippen LogP contribution in [0.5, 0.6) is 0 Å². The van der Waals surface area contributed by atoms with Crippen LogP contribution in [0.25, 0.3) is 0 Å². The van der Waals surface area contributed by atoms with Crippen LogP contribution in [0, 0.1) is 5.92 Å². The Bertz CT molecular complexity index is 79.7. The van der Waals surface area contributed by atoms with E-state index in [2.05, 4.69) is 0 Å². The molecule has 1 unspecified atom stereocenters. The zero-order valence-electron chi connectivity index (χ0n) is 8.48. The summed E-state index contributed by atoms with van der Waals surface area (Å²) in [6, 6.07) is 0. The Balaban J connectivity index is 0. The third-order valence-electron chi connectivity index (χ3n) is 1.51. The summed E-state index contributed by atoms with van der Waals surface area (Å²) in [5, 5.41) is 32.8. The van der Waals surface area contributed by atoms with Crippen LogP contribution in [0.15, 0.2) is 0 Å². The molecule has 0 spiro atoms. The molecule has 0 aliphatic heterocycles. The average Bonchev–Trinajstić information content (AvgIpc) is 2.06. The molecule has 0 aromatic heterocycles. The molecule has 0 saturated heterocycles. The van der Waals surface area contributed by atoms with Crippen molar-refractivity contribution in [2.75, 3.05) is 19.8 Å². The van der Waals surface area contributed by atoms with Gasteiger partial charge in [0.2, 0.25) is 0 Å². The fraction of sp³-hybridized carbons (Fsp3) is 1.00. The monoisotopic (exact) mass is 194 g/mol. The predicted octanol–water partition coefficient (Wildman–Crippen LogP) is -0.253. The van der Waals surface area contributed by atoms with Crippen molar-refractivity contribution in [2.24, 2.45) is 5.92 Å². The van der Waals surface area contributed by atoms with Gasteiger partial charge in [-0.1, -0.05) is 6.92 Å². The zero-order valence-corrected chi connectivity index (χ0v) is 8.48. The molecule has 13 heavy (non-hydrogen) atoms. The van der Waals surface area contributed by atoms with Crippen molar-refractivity contribution in [3.05, 3.63) is 0 Å². The lowest BCUT2D eigenvalue weighted by molar-refractivity contribution is 0.110. The van der Waals surface area contributed by atoms with Gasteiger partial charge in [0.1, 0.15) is 0 Å². The summed E-state index contributed by atoms with van der Waals surface area (Å²) < 4.78 is 0. The van der Waals surface area contributed by atoms with Crippen LogP contribution in [-0.4, -0.2) is 46.4 Å². The Morgan fingerprint density at radius 1 is 0.923 bits per heavy atom. The summed E-state index contributed by atoms with van der Waals surface area (Å²) in [5.41, 5.74) is 0. The highest BCUT2D eigenvalue weighted by atomic mass is 16.3. The van der Waals surface area contributed by atoms with Gasteiger partial charge < -0.3 is 20.4 Å². The van der Waals surface area contributed by atoms with E-state index in [9.17, 15) is 0 Å². The molecule has 0 saturated carbocycles. The first-order chi connectivity index (χ1) is 6.08. The highest BCUT2D eigenvalue weighted by Crippen LogP contribution is 2.03. The highest BCUT2D eigenvalue weighted by molar-refractivity contribution is 4.49. The van der Waals surface area contributed by atoms with Gasteiger partial charge in [-0.05, 0) is 25.7 Å². The molecule has 0 rings (SSSR count). The lowest BCUT2D eigenvalue weighted by atomic mass is 10.1. The second-order valence-electron chi connectivity index (χ2n) is 3.16. The molecule has 0 radical (unpaired) electrons. The summed E-state index contributed by atoms with van der Waals surface area (Å²) in [4.78, 5) is 0. The number of aliphatic hydroxyl groups excluding tert-OH is 4. The largest absolute Gasteiger partial charge is 0.396 e. The molecule has 0 bridgehead atoms. The van der Waals surface area contributed by atoms with Gasteiger partial charge in [0.05, 0.1) is 12.7 Å². The van der Waals surface area contributed by atoms with E-state index in [-0.39, 0.29) is 19.8 Å². The minimum Gasteiger partial charge on any atom is -0.396 e.